The van der Waals surface area contributed by atoms with Gasteiger partial charge in [0.1, 0.15) is 23.6 Å². The Hall–Kier alpha value is -3.55. The van der Waals surface area contributed by atoms with E-state index in [1.54, 1.807) is 67.7 Å². The quantitative estimate of drug-likeness (QED) is 0.711. The van der Waals surface area contributed by atoms with Gasteiger partial charge in [-0.2, -0.15) is 0 Å². The summed E-state index contributed by atoms with van der Waals surface area (Å²) in [5.74, 6) is 0.419. The van der Waals surface area contributed by atoms with E-state index in [0.717, 1.165) is 6.42 Å². The standard InChI is InChI=1S/C23H27N3O5/c1-15(27)26-14-4-5-20(26)22(28)25-21(16-6-10-18(30-2)11-7-16)23(29)24-17-8-12-19(31-3)13-9-17/h6-13,20-21H,4-5,14H2,1-3H3,(H,24,29)(H,25,28)/t20-,21-/m0/s1. The third-order valence-corrected chi connectivity index (χ3v) is 5.32. The van der Waals surface area contributed by atoms with Crippen LogP contribution in [0.15, 0.2) is 48.5 Å². The lowest BCUT2D eigenvalue weighted by Gasteiger charge is -2.25. The fraction of sp³-hybridized carbons (Fsp3) is 0.348. The first-order chi connectivity index (χ1) is 14.9. The minimum Gasteiger partial charge on any atom is -0.497 e. The van der Waals surface area contributed by atoms with Gasteiger partial charge in [-0.1, -0.05) is 12.1 Å². The average molecular weight is 425 g/mol. The van der Waals surface area contributed by atoms with Crippen molar-refractivity contribution in [2.45, 2.75) is 31.8 Å². The molecule has 0 spiro atoms. The summed E-state index contributed by atoms with van der Waals surface area (Å²) in [7, 11) is 3.12. The van der Waals surface area contributed by atoms with Gasteiger partial charge in [0.2, 0.25) is 11.8 Å². The number of rotatable bonds is 7. The molecule has 0 aliphatic carbocycles. The number of hydrogen-bond donors (Lipinski definition) is 2. The predicted molar refractivity (Wildman–Crippen MR) is 116 cm³/mol. The van der Waals surface area contributed by atoms with E-state index >= 15 is 0 Å². The van der Waals surface area contributed by atoms with Crippen LogP contribution in [-0.2, 0) is 14.4 Å². The molecule has 0 saturated carbocycles. The number of nitrogens with one attached hydrogen (secondary N) is 2. The maximum absolute atomic E-state index is 13.1. The molecular formula is C23H27N3O5. The molecule has 3 amide bonds. The number of carbonyl (C=O) groups is 3. The number of benzene rings is 2. The number of carbonyl (C=O) groups excluding carboxylic acids is 3. The summed E-state index contributed by atoms with van der Waals surface area (Å²) in [6.45, 7) is 1.99. The molecule has 3 rings (SSSR count). The van der Waals surface area contributed by atoms with Gasteiger partial charge in [0.15, 0.2) is 0 Å². The number of methoxy groups -OCH3 is 2. The lowest BCUT2D eigenvalue weighted by molar-refractivity contribution is -0.137. The van der Waals surface area contributed by atoms with E-state index in [-0.39, 0.29) is 11.8 Å². The van der Waals surface area contributed by atoms with Gasteiger partial charge in [0.25, 0.3) is 5.91 Å². The Morgan fingerprint density at radius 2 is 1.55 bits per heavy atom. The number of anilines is 1. The van der Waals surface area contributed by atoms with Crippen molar-refractivity contribution in [2.24, 2.45) is 0 Å². The highest BCUT2D eigenvalue weighted by atomic mass is 16.5. The molecule has 1 aliphatic heterocycles. The van der Waals surface area contributed by atoms with Crippen LogP contribution in [0.5, 0.6) is 11.5 Å². The summed E-state index contributed by atoms with van der Waals surface area (Å²) in [5.41, 5.74) is 1.18. The van der Waals surface area contributed by atoms with Crippen molar-refractivity contribution in [2.75, 3.05) is 26.1 Å². The van der Waals surface area contributed by atoms with E-state index in [2.05, 4.69) is 10.6 Å². The highest BCUT2D eigenvalue weighted by molar-refractivity contribution is 5.99. The van der Waals surface area contributed by atoms with Crippen LogP contribution < -0.4 is 20.1 Å². The summed E-state index contributed by atoms with van der Waals surface area (Å²) in [6.07, 6.45) is 1.32. The minimum absolute atomic E-state index is 0.152. The SMILES string of the molecule is COc1ccc(NC(=O)[C@@H](NC(=O)[C@@H]2CCCN2C(C)=O)c2ccc(OC)cc2)cc1. The Balaban J connectivity index is 1.82. The van der Waals surface area contributed by atoms with Crippen LogP contribution in [0.2, 0.25) is 0 Å². The van der Waals surface area contributed by atoms with E-state index in [1.165, 1.54) is 6.92 Å². The zero-order chi connectivity index (χ0) is 22.4. The van der Waals surface area contributed by atoms with Gasteiger partial charge in [-0.15, -0.1) is 0 Å². The molecule has 1 fully saturated rings. The van der Waals surface area contributed by atoms with Crippen molar-refractivity contribution in [1.29, 1.82) is 0 Å². The van der Waals surface area contributed by atoms with Gasteiger partial charge in [-0.05, 0) is 54.8 Å². The van der Waals surface area contributed by atoms with Gasteiger partial charge in [-0.25, -0.2) is 0 Å². The summed E-state index contributed by atoms with van der Waals surface area (Å²) < 4.78 is 10.3. The van der Waals surface area contributed by atoms with E-state index in [0.29, 0.717) is 35.7 Å². The molecule has 8 nitrogen and oxygen atoms in total. The Kier molecular flexibility index (Phi) is 7.12. The van der Waals surface area contributed by atoms with Crippen molar-refractivity contribution in [3.8, 4) is 11.5 Å². The van der Waals surface area contributed by atoms with Crippen molar-refractivity contribution in [3.05, 3.63) is 54.1 Å². The van der Waals surface area contributed by atoms with E-state index in [9.17, 15) is 14.4 Å². The lowest BCUT2D eigenvalue weighted by Crippen LogP contribution is -2.48. The zero-order valence-electron chi connectivity index (χ0n) is 17.9. The zero-order valence-corrected chi connectivity index (χ0v) is 17.9. The first-order valence-electron chi connectivity index (χ1n) is 10.1. The second-order valence-electron chi connectivity index (χ2n) is 7.30. The Morgan fingerprint density at radius 1 is 0.968 bits per heavy atom. The lowest BCUT2D eigenvalue weighted by atomic mass is 10.0. The predicted octanol–water partition coefficient (Wildman–Crippen LogP) is 2.51. The Labute approximate surface area is 181 Å². The van der Waals surface area contributed by atoms with E-state index < -0.39 is 18.0 Å². The third-order valence-electron chi connectivity index (χ3n) is 5.32. The van der Waals surface area contributed by atoms with Crippen LogP contribution in [0.1, 0.15) is 31.4 Å². The molecule has 31 heavy (non-hydrogen) atoms. The number of hydrogen-bond acceptors (Lipinski definition) is 5. The molecule has 0 aromatic heterocycles. The fourth-order valence-corrected chi connectivity index (χ4v) is 3.64. The second-order valence-corrected chi connectivity index (χ2v) is 7.30. The van der Waals surface area contributed by atoms with Crippen molar-refractivity contribution in [3.63, 3.8) is 0 Å². The number of likely N-dealkylation sites (tertiary alicyclic amines) is 1. The molecule has 0 bridgehead atoms. The molecule has 2 aromatic carbocycles. The largest absolute Gasteiger partial charge is 0.497 e. The average Bonchev–Trinajstić information content (AvgIpc) is 3.28. The molecule has 1 aliphatic rings. The van der Waals surface area contributed by atoms with Crippen LogP contribution in [0.25, 0.3) is 0 Å². The smallest absolute Gasteiger partial charge is 0.251 e. The molecular weight excluding hydrogens is 398 g/mol. The minimum atomic E-state index is -0.935. The van der Waals surface area contributed by atoms with Crippen LogP contribution in [0, 0.1) is 0 Å². The summed E-state index contributed by atoms with van der Waals surface area (Å²) in [5, 5.41) is 5.66. The molecule has 2 atom stereocenters. The van der Waals surface area contributed by atoms with Crippen LogP contribution in [0.3, 0.4) is 0 Å². The summed E-state index contributed by atoms with van der Waals surface area (Å²) >= 11 is 0. The molecule has 1 heterocycles. The van der Waals surface area contributed by atoms with Crippen molar-refractivity contribution >= 4 is 23.4 Å². The van der Waals surface area contributed by atoms with Gasteiger partial charge < -0.3 is 25.0 Å². The number of amides is 3. The van der Waals surface area contributed by atoms with Crippen molar-refractivity contribution < 1.29 is 23.9 Å². The molecule has 1 saturated heterocycles. The van der Waals surface area contributed by atoms with Crippen LogP contribution in [-0.4, -0.2) is 49.4 Å². The highest BCUT2D eigenvalue weighted by Crippen LogP contribution is 2.23. The molecule has 2 N–H and O–H groups in total. The highest BCUT2D eigenvalue weighted by Gasteiger charge is 2.35. The monoisotopic (exact) mass is 425 g/mol. The molecule has 164 valence electrons. The first kappa shape index (κ1) is 22.1. The van der Waals surface area contributed by atoms with Crippen LogP contribution >= 0.6 is 0 Å². The summed E-state index contributed by atoms with van der Waals surface area (Å²) in [6, 6.07) is 12.3. The second kappa shape index (κ2) is 9.97. The summed E-state index contributed by atoms with van der Waals surface area (Å²) in [4.78, 5) is 39.5. The van der Waals surface area contributed by atoms with Crippen LogP contribution in [0.4, 0.5) is 5.69 Å². The Bertz CT molecular complexity index is 927. The van der Waals surface area contributed by atoms with E-state index in [1.807, 2.05) is 0 Å². The molecule has 0 radical (unpaired) electrons. The number of ether oxygens (including phenoxy) is 2. The van der Waals surface area contributed by atoms with E-state index in [4.69, 9.17) is 9.47 Å². The maximum atomic E-state index is 13.1. The van der Waals surface area contributed by atoms with Crippen molar-refractivity contribution in [1.82, 2.24) is 10.2 Å². The molecule has 0 unspecified atom stereocenters. The molecule has 8 heteroatoms. The topological polar surface area (TPSA) is 97.0 Å². The van der Waals surface area contributed by atoms with Gasteiger partial charge >= 0.3 is 0 Å². The van der Waals surface area contributed by atoms with Gasteiger partial charge in [-0.3, -0.25) is 14.4 Å². The van der Waals surface area contributed by atoms with Gasteiger partial charge in [0.05, 0.1) is 14.2 Å². The number of nitrogens with zero attached hydrogens (tertiary/aromatic N) is 1. The normalized spacial score (nSPS) is 16.4. The third kappa shape index (κ3) is 5.33. The first-order valence-corrected chi connectivity index (χ1v) is 10.1. The molecule has 2 aromatic rings. The van der Waals surface area contributed by atoms with Gasteiger partial charge in [0, 0.05) is 19.2 Å². The maximum Gasteiger partial charge on any atom is 0.251 e. The Morgan fingerprint density at radius 3 is 2.10 bits per heavy atom. The fourth-order valence-electron chi connectivity index (χ4n) is 3.64.